The Bertz CT molecular complexity index is 1000. The van der Waals surface area contributed by atoms with Gasteiger partial charge < -0.3 is 0 Å². The molecule has 2 aromatic carbocycles. The molecular formula is C30H36Si. The predicted molar refractivity (Wildman–Crippen MR) is 134 cm³/mol. The van der Waals surface area contributed by atoms with Gasteiger partial charge >= 0.3 is 0 Å². The third-order valence-corrected chi connectivity index (χ3v) is 14.1. The van der Waals surface area contributed by atoms with Gasteiger partial charge in [0.15, 0.2) is 0 Å². The van der Waals surface area contributed by atoms with Gasteiger partial charge in [-0.15, -0.1) is 0 Å². The Kier molecular flexibility index (Phi) is 4.51. The molecule has 0 fully saturated rings. The molecule has 0 radical (unpaired) electrons. The quantitative estimate of drug-likeness (QED) is 0.336. The first-order valence-electron chi connectivity index (χ1n) is 12.5. The molecule has 160 valence electrons. The lowest BCUT2D eigenvalue weighted by Gasteiger charge is -2.45. The van der Waals surface area contributed by atoms with Crippen LogP contribution in [0.25, 0.3) is 0 Å². The topological polar surface area (TPSA) is 0 Å². The molecule has 0 spiro atoms. The first-order chi connectivity index (χ1) is 15.0. The van der Waals surface area contributed by atoms with Gasteiger partial charge in [-0.3, -0.25) is 0 Å². The number of rotatable bonds is 2. The van der Waals surface area contributed by atoms with Crippen molar-refractivity contribution in [1.82, 2.24) is 0 Å². The van der Waals surface area contributed by atoms with Crippen LogP contribution in [0.5, 0.6) is 0 Å². The zero-order valence-electron chi connectivity index (χ0n) is 19.6. The van der Waals surface area contributed by atoms with Crippen molar-refractivity contribution in [1.29, 1.82) is 0 Å². The van der Waals surface area contributed by atoms with E-state index in [1.54, 1.807) is 33.4 Å². The molecule has 0 heterocycles. The number of fused-ring (bicyclic) bond motifs is 6. The molecule has 2 aromatic rings. The van der Waals surface area contributed by atoms with Crippen LogP contribution in [-0.2, 0) is 0 Å². The second-order valence-corrected chi connectivity index (χ2v) is 16.4. The molecule has 0 amide bonds. The molecule has 4 aliphatic carbocycles. The van der Waals surface area contributed by atoms with Crippen molar-refractivity contribution in [3.8, 4) is 0 Å². The molecule has 0 aliphatic heterocycles. The Hall–Kier alpha value is -1.86. The molecule has 0 bridgehead atoms. The van der Waals surface area contributed by atoms with Crippen LogP contribution >= 0.6 is 0 Å². The van der Waals surface area contributed by atoms with Gasteiger partial charge in [-0.25, -0.2) is 0 Å². The summed E-state index contributed by atoms with van der Waals surface area (Å²) in [6, 6.07) is 19.1. The molecule has 31 heavy (non-hydrogen) atoms. The smallest absolute Gasteiger partial charge is 0.0635 e. The molecule has 0 nitrogen and oxygen atoms in total. The highest BCUT2D eigenvalue weighted by molar-refractivity contribution is 6.80. The van der Waals surface area contributed by atoms with Gasteiger partial charge in [0, 0.05) is 11.8 Å². The minimum Gasteiger partial charge on any atom is -0.0778 e. The van der Waals surface area contributed by atoms with E-state index in [9.17, 15) is 0 Å². The summed E-state index contributed by atoms with van der Waals surface area (Å²) in [4.78, 5) is 0. The van der Waals surface area contributed by atoms with E-state index < -0.39 is 8.07 Å². The summed E-state index contributed by atoms with van der Waals surface area (Å²) in [5.41, 5.74) is 11.5. The molecular weight excluding hydrogens is 388 g/mol. The van der Waals surface area contributed by atoms with E-state index in [1.165, 1.54) is 25.7 Å². The van der Waals surface area contributed by atoms with Gasteiger partial charge in [0.2, 0.25) is 0 Å². The maximum atomic E-state index is 2.76. The molecule has 0 saturated heterocycles. The van der Waals surface area contributed by atoms with E-state index >= 15 is 0 Å². The largest absolute Gasteiger partial charge is 0.0778 e. The first-order valence-corrected chi connectivity index (χ1v) is 15.6. The van der Waals surface area contributed by atoms with Crippen molar-refractivity contribution in [2.24, 2.45) is 11.8 Å². The van der Waals surface area contributed by atoms with E-state index in [1.807, 2.05) is 0 Å². The minimum atomic E-state index is -1.66. The molecule has 0 aromatic heterocycles. The van der Waals surface area contributed by atoms with Crippen molar-refractivity contribution >= 4 is 8.07 Å². The highest BCUT2D eigenvalue weighted by Gasteiger charge is 2.56. The fourth-order valence-electron chi connectivity index (χ4n) is 8.32. The zero-order chi connectivity index (χ0) is 21.3. The summed E-state index contributed by atoms with van der Waals surface area (Å²) < 4.78 is 0. The van der Waals surface area contributed by atoms with E-state index in [4.69, 9.17) is 0 Å². The monoisotopic (exact) mass is 424 g/mol. The maximum absolute atomic E-state index is 2.76. The average molecular weight is 425 g/mol. The van der Waals surface area contributed by atoms with Crippen LogP contribution in [0.2, 0.25) is 13.1 Å². The lowest BCUT2D eigenvalue weighted by Crippen LogP contribution is -2.47. The van der Waals surface area contributed by atoms with E-state index in [-0.39, 0.29) is 0 Å². The Morgan fingerprint density at radius 2 is 1.00 bits per heavy atom. The first kappa shape index (κ1) is 19.8. The van der Waals surface area contributed by atoms with Gasteiger partial charge in [0.25, 0.3) is 0 Å². The average Bonchev–Trinajstić information content (AvgIpc) is 3.27. The van der Waals surface area contributed by atoms with Crippen LogP contribution in [-0.4, -0.2) is 8.07 Å². The third kappa shape index (κ3) is 2.85. The van der Waals surface area contributed by atoms with Crippen LogP contribution < -0.4 is 0 Å². The van der Waals surface area contributed by atoms with E-state index in [0.29, 0.717) is 11.8 Å². The van der Waals surface area contributed by atoms with Crippen molar-refractivity contribution in [2.45, 2.75) is 75.5 Å². The molecule has 0 N–H and O–H groups in total. The molecule has 6 unspecified atom stereocenters. The van der Waals surface area contributed by atoms with Crippen LogP contribution in [0.15, 0.2) is 71.8 Å². The summed E-state index contributed by atoms with van der Waals surface area (Å²) in [5, 5.41) is 0. The van der Waals surface area contributed by atoms with Crippen molar-refractivity contribution in [3.05, 3.63) is 94.1 Å². The van der Waals surface area contributed by atoms with Crippen LogP contribution in [0, 0.1) is 11.8 Å². The summed E-state index contributed by atoms with van der Waals surface area (Å²) in [7, 11) is -1.66. The van der Waals surface area contributed by atoms with E-state index in [0.717, 1.165) is 22.9 Å². The van der Waals surface area contributed by atoms with Gasteiger partial charge in [-0.2, -0.15) is 0 Å². The number of hydrogen-bond donors (Lipinski definition) is 0. The summed E-state index contributed by atoms with van der Waals surface area (Å²) in [5.74, 6) is 2.94. The Labute approximate surface area is 189 Å². The Balaban J connectivity index is 1.49. The number of benzene rings is 2. The number of allylic oxidation sites excluding steroid dienone is 4. The summed E-state index contributed by atoms with van der Waals surface area (Å²) in [6.45, 7) is 10.2. The molecule has 1 heteroatoms. The lowest BCUT2D eigenvalue weighted by molar-refractivity contribution is 0.402. The maximum Gasteiger partial charge on any atom is 0.0635 e. The molecule has 6 rings (SSSR count). The van der Waals surface area contributed by atoms with Crippen LogP contribution in [0.1, 0.15) is 84.7 Å². The standard InChI is InChI=1S/C30H36Si/c1-19-13-15-25-27(17-19)21-9-5-7-11-23(21)29(25)31(3,4)30-24-12-8-6-10-22(24)28-18-20(2)14-16-26(28)30/h5-12,17-18,25-30H,13-16H2,1-4H3. The Morgan fingerprint density at radius 1 is 0.613 bits per heavy atom. The second kappa shape index (κ2) is 7.07. The van der Waals surface area contributed by atoms with Crippen molar-refractivity contribution < 1.29 is 0 Å². The lowest BCUT2D eigenvalue weighted by atomic mass is 9.81. The fraction of sp³-hybridized carbons (Fsp3) is 0.467. The third-order valence-electron chi connectivity index (χ3n) is 9.43. The predicted octanol–water partition coefficient (Wildman–Crippen LogP) is 8.25. The fourth-order valence-corrected chi connectivity index (χ4v) is 13.8. The van der Waals surface area contributed by atoms with Crippen LogP contribution in [0.4, 0.5) is 0 Å². The summed E-state index contributed by atoms with van der Waals surface area (Å²) in [6.07, 6.45) is 10.6. The highest BCUT2D eigenvalue weighted by Crippen LogP contribution is 2.62. The molecule has 0 saturated carbocycles. The van der Waals surface area contributed by atoms with Crippen LogP contribution in [0.3, 0.4) is 0 Å². The zero-order valence-corrected chi connectivity index (χ0v) is 20.6. The summed E-state index contributed by atoms with van der Waals surface area (Å²) >= 11 is 0. The normalized spacial score (nSPS) is 33.7. The molecule has 4 aliphatic rings. The highest BCUT2D eigenvalue weighted by atomic mass is 28.3. The number of hydrogen-bond acceptors (Lipinski definition) is 0. The molecule has 6 atom stereocenters. The van der Waals surface area contributed by atoms with Crippen molar-refractivity contribution in [3.63, 3.8) is 0 Å². The Morgan fingerprint density at radius 3 is 1.42 bits per heavy atom. The van der Waals surface area contributed by atoms with Crippen molar-refractivity contribution in [2.75, 3.05) is 0 Å². The van der Waals surface area contributed by atoms with Gasteiger partial charge in [-0.1, -0.05) is 84.9 Å². The van der Waals surface area contributed by atoms with Gasteiger partial charge in [0.1, 0.15) is 0 Å². The second-order valence-electron chi connectivity index (χ2n) is 11.5. The minimum absolute atomic E-state index is 0.655. The SMILES string of the molecule is CC1=CC2c3ccccc3C([Si](C)(C)C3c4ccccc4C4C=C(C)CCC43)C2CC1. The van der Waals surface area contributed by atoms with Gasteiger partial charge in [0.05, 0.1) is 8.07 Å². The van der Waals surface area contributed by atoms with Gasteiger partial charge in [-0.05, 0) is 84.7 Å². The van der Waals surface area contributed by atoms with E-state index in [2.05, 4.69) is 87.6 Å².